The number of likely N-dealkylation sites (tertiary alicyclic amines) is 1. The summed E-state index contributed by atoms with van der Waals surface area (Å²) in [6, 6.07) is 13.3. The lowest BCUT2D eigenvalue weighted by atomic mass is 9.96. The van der Waals surface area contributed by atoms with Gasteiger partial charge < -0.3 is 10.2 Å². The van der Waals surface area contributed by atoms with Gasteiger partial charge in [-0.05, 0) is 36.6 Å². The molecule has 1 atom stereocenters. The van der Waals surface area contributed by atoms with Crippen LogP contribution in [0.25, 0.3) is 0 Å². The molecule has 0 radical (unpaired) electrons. The maximum Gasteiger partial charge on any atom is 0.256 e. The number of hydrogen-bond donors (Lipinski definition) is 1. The van der Waals surface area contributed by atoms with Crippen molar-refractivity contribution in [3.05, 3.63) is 70.5 Å². The number of nitrogens with one attached hydrogen (secondary N) is 1. The van der Waals surface area contributed by atoms with Crippen LogP contribution in [0.3, 0.4) is 0 Å². The molecule has 1 aliphatic heterocycles. The number of carbonyl (C=O) groups excluding carboxylic acids is 2. The van der Waals surface area contributed by atoms with Gasteiger partial charge in [-0.15, -0.1) is 0 Å². The fourth-order valence-corrected chi connectivity index (χ4v) is 3.35. The van der Waals surface area contributed by atoms with E-state index in [2.05, 4.69) is 5.32 Å². The highest BCUT2D eigenvalue weighted by molar-refractivity contribution is 6.31. The molecule has 1 heterocycles. The number of carbonyl (C=O) groups is 2. The van der Waals surface area contributed by atoms with Crippen LogP contribution in [-0.4, -0.2) is 29.8 Å². The van der Waals surface area contributed by atoms with Crippen molar-refractivity contribution in [1.29, 1.82) is 0 Å². The monoisotopic (exact) mass is 374 g/mol. The largest absolute Gasteiger partial charge is 0.352 e. The van der Waals surface area contributed by atoms with Gasteiger partial charge >= 0.3 is 0 Å². The van der Waals surface area contributed by atoms with Gasteiger partial charge in [0.2, 0.25) is 5.91 Å². The number of benzene rings is 2. The van der Waals surface area contributed by atoms with Crippen molar-refractivity contribution in [3.63, 3.8) is 0 Å². The molecule has 0 bridgehead atoms. The third kappa shape index (κ3) is 4.22. The molecule has 1 fully saturated rings. The molecule has 0 unspecified atom stereocenters. The molecule has 2 amide bonds. The van der Waals surface area contributed by atoms with Gasteiger partial charge in [0.05, 0.1) is 11.5 Å². The van der Waals surface area contributed by atoms with E-state index >= 15 is 0 Å². The molecule has 136 valence electrons. The number of nitrogens with zero attached hydrogens (tertiary/aromatic N) is 1. The van der Waals surface area contributed by atoms with Gasteiger partial charge in [0, 0.05) is 24.7 Å². The fraction of sp³-hybridized carbons (Fsp3) is 0.300. The van der Waals surface area contributed by atoms with E-state index in [0.29, 0.717) is 37.5 Å². The minimum atomic E-state index is -0.539. The van der Waals surface area contributed by atoms with Crippen molar-refractivity contribution in [2.24, 2.45) is 5.92 Å². The highest BCUT2D eigenvalue weighted by atomic mass is 35.5. The summed E-state index contributed by atoms with van der Waals surface area (Å²) >= 11 is 6.10. The number of hydrogen-bond acceptors (Lipinski definition) is 2. The van der Waals surface area contributed by atoms with Gasteiger partial charge in [-0.1, -0.05) is 41.9 Å². The number of piperidine rings is 1. The molecular weight excluding hydrogens is 355 g/mol. The zero-order valence-corrected chi connectivity index (χ0v) is 15.0. The van der Waals surface area contributed by atoms with E-state index in [1.165, 1.54) is 12.1 Å². The molecule has 3 rings (SSSR count). The van der Waals surface area contributed by atoms with E-state index in [0.717, 1.165) is 5.56 Å². The van der Waals surface area contributed by atoms with Crippen molar-refractivity contribution in [2.45, 2.75) is 19.4 Å². The van der Waals surface area contributed by atoms with E-state index in [4.69, 9.17) is 11.6 Å². The van der Waals surface area contributed by atoms with Crippen LogP contribution in [0, 0.1) is 11.7 Å². The van der Waals surface area contributed by atoms with Crippen LogP contribution in [0.1, 0.15) is 28.8 Å². The Balaban J connectivity index is 1.61. The van der Waals surface area contributed by atoms with Crippen LogP contribution in [0.4, 0.5) is 4.39 Å². The minimum absolute atomic E-state index is 0.0459. The van der Waals surface area contributed by atoms with Crippen molar-refractivity contribution >= 4 is 23.4 Å². The molecule has 6 heteroatoms. The van der Waals surface area contributed by atoms with Crippen molar-refractivity contribution in [2.75, 3.05) is 13.1 Å². The Labute approximate surface area is 157 Å². The Morgan fingerprint density at radius 1 is 1.15 bits per heavy atom. The molecule has 1 saturated heterocycles. The lowest BCUT2D eigenvalue weighted by Gasteiger charge is -2.32. The predicted molar refractivity (Wildman–Crippen MR) is 98.3 cm³/mol. The number of amides is 2. The quantitative estimate of drug-likeness (QED) is 0.888. The van der Waals surface area contributed by atoms with Crippen LogP contribution in [0.15, 0.2) is 48.5 Å². The summed E-state index contributed by atoms with van der Waals surface area (Å²) in [6.07, 6.45) is 1.42. The first-order valence-electron chi connectivity index (χ1n) is 8.61. The smallest absolute Gasteiger partial charge is 0.256 e. The summed E-state index contributed by atoms with van der Waals surface area (Å²) in [5, 5.41) is 3.49. The van der Waals surface area contributed by atoms with E-state index in [-0.39, 0.29) is 23.3 Å². The summed E-state index contributed by atoms with van der Waals surface area (Å²) in [6.45, 7) is 1.17. The summed E-state index contributed by atoms with van der Waals surface area (Å²) < 4.78 is 13.9. The van der Waals surface area contributed by atoms with Gasteiger partial charge in [0.25, 0.3) is 5.91 Å². The second kappa shape index (κ2) is 8.32. The molecule has 1 N–H and O–H groups in total. The van der Waals surface area contributed by atoms with Gasteiger partial charge in [0.15, 0.2) is 0 Å². The van der Waals surface area contributed by atoms with E-state index in [1.54, 1.807) is 23.1 Å². The Morgan fingerprint density at radius 2 is 1.88 bits per heavy atom. The molecule has 2 aromatic rings. The highest BCUT2D eigenvalue weighted by Gasteiger charge is 2.29. The fourth-order valence-electron chi connectivity index (χ4n) is 3.15. The average Bonchev–Trinajstić information content (AvgIpc) is 2.67. The van der Waals surface area contributed by atoms with Crippen LogP contribution < -0.4 is 5.32 Å². The molecule has 4 nitrogen and oxygen atoms in total. The summed E-state index contributed by atoms with van der Waals surface area (Å²) in [4.78, 5) is 26.6. The van der Waals surface area contributed by atoms with Crippen LogP contribution in [-0.2, 0) is 11.3 Å². The second-order valence-electron chi connectivity index (χ2n) is 6.38. The van der Waals surface area contributed by atoms with Gasteiger partial charge in [-0.2, -0.15) is 0 Å². The third-order valence-corrected chi connectivity index (χ3v) is 4.96. The zero-order valence-electron chi connectivity index (χ0n) is 14.3. The highest BCUT2D eigenvalue weighted by Crippen LogP contribution is 2.21. The molecule has 2 aromatic carbocycles. The van der Waals surface area contributed by atoms with Crippen molar-refractivity contribution in [3.8, 4) is 0 Å². The standard InChI is InChI=1S/C20H20ClFN2O2/c21-17-9-3-1-6-14(17)12-23-19(25)15-7-5-11-24(13-15)20(26)16-8-2-4-10-18(16)22/h1-4,6,8-10,15H,5,7,11-13H2,(H,23,25)/t15-/m1/s1. The molecule has 0 spiro atoms. The molecule has 0 aromatic heterocycles. The summed E-state index contributed by atoms with van der Waals surface area (Å²) in [5.41, 5.74) is 0.891. The van der Waals surface area contributed by atoms with Crippen LogP contribution >= 0.6 is 11.6 Å². The molecular formula is C20H20ClFN2O2. The van der Waals surface area contributed by atoms with Crippen LogP contribution in [0.2, 0.25) is 5.02 Å². The molecule has 0 saturated carbocycles. The number of halogens is 2. The lowest BCUT2D eigenvalue weighted by Crippen LogP contribution is -2.45. The van der Waals surface area contributed by atoms with E-state index in [9.17, 15) is 14.0 Å². The van der Waals surface area contributed by atoms with Crippen molar-refractivity contribution in [1.82, 2.24) is 10.2 Å². The zero-order chi connectivity index (χ0) is 18.5. The maximum absolute atomic E-state index is 13.9. The summed E-state index contributed by atoms with van der Waals surface area (Å²) in [5.74, 6) is -1.33. The Morgan fingerprint density at radius 3 is 2.65 bits per heavy atom. The predicted octanol–water partition coefficient (Wildman–Crippen LogP) is 3.65. The molecule has 1 aliphatic rings. The number of rotatable bonds is 4. The van der Waals surface area contributed by atoms with E-state index in [1.807, 2.05) is 18.2 Å². The first-order chi connectivity index (χ1) is 12.6. The first-order valence-corrected chi connectivity index (χ1v) is 8.99. The second-order valence-corrected chi connectivity index (χ2v) is 6.79. The first kappa shape index (κ1) is 18.4. The van der Waals surface area contributed by atoms with E-state index < -0.39 is 5.82 Å². The normalized spacial score (nSPS) is 17.0. The average molecular weight is 375 g/mol. The summed E-state index contributed by atoms with van der Waals surface area (Å²) in [7, 11) is 0. The van der Waals surface area contributed by atoms with Gasteiger partial charge in [-0.25, -0.2) is 4.39 Å². The topological polar surface area (TPSA) is 49.4 Å². The Hall–Kier alpha value is -2.40. The SMILES string of the molecule is O=C(NCc1ccccc1Cl)[C@@H]1CCCN(C(=O)c2ccccc2F)C1. The molecule has 0 aliphatic carbocycles. The maximum atomic E-state index is 13.9. The Bertz CT molecular complexity index is 812. The van der Waals surface area contributed by atoms with Crippen molar-refractivity contribution < 1.29 is 14.0 Å². The van der Waals surface area contributed by atoms with Gasteiger partial charge in [0.1, 0.15) is 5.82 Å². The minimum Gasteiger partial charge on any atom is -0.352 e. The van der Waals surface area contributed by atoms with Crippen LogP contribution in [0.5, 0.6) is 0 Å². The third-order valence-electron chi connectivity index (χ3n) is 4.59. The lowest BCUT2D eigenvalue weighted by molar-refractivity contribution is -0.126. The Kier molecular flexibility index (Phi) is 5.89. The molecule has 26 heavy (non-hydrogen) atoms. The van der Waals surface area contributed by atoms with Gasteiger partial charge in [-0.3, -0.25) is 9.59 Å².